The maximum absolute atomic E-state index is 11.1. The molecule has 0 saturated heterocycles. The molecule has 1 heterocycles. The molecule has 0 fully saturated rings. The molecule has 1 aliphatic heterocycles. The van der Waals surface area contributed by atoms with Crippen molar-refractivity contribution in [3.8, 4) is 0 Å². The van der Waals surface area contributed by atoms with Crippen LogP contribution >= 0.6 is 0 Å². The average Bonchev–Trinajstić information content (AvgIpc) is 2.39. The van der Waals surface area contributed by atoms with Crippen LogP contribution < -0.4 is 15.8 Å². The lowest BCUT2D eigenvalue weighted by Gasteiger charge is -2.14. The van der Waals surface area contributed by atoms with Crippen molar-refractivity contribution in [3.63, 3.8) is 0 Å². The molecular formula is C13H19N3O2S. The second kappa shape index (κ2) is 6.18. The molecule has 0 aromatic heterocycles. The van der Waals surface area contributed by atoms with E-state index in [9.17, 15) is 8.42 Å². The van der Waals surface area contributed by atoms with Crippen molar-refractivity contribution >= 4 is 15.7 Å². The fraction of sp³-hybridized carbons (Fsp3) is 0.385. The summed E-state index contributed by atoms with van der Waals surface area (Å²) >= 11 is 0. The van der Waals surface area contributed by atoms with Gasteiger partial charge in [0.05, 0.1) is 4.90 Å². The molecule has 19 heavy (non-hydrogen) atoms. The predicted octanol–water partition coefficient (Wildman–Crippen LogP) is 1.06. The molecule has 1 aromatic rings. The SMILES string of the molecule is NS(=O)(=O)c1ccc(NCCC2=CCNCC2)cc1. The van der Waals surface area contributed by atoms with E-state index in [0.717, 1.165) is 38.2 Å². The molecule has 0 spiro atoms. The minimum atomic E-state index is -3.60. The quantitative estimate of drug-likeness (QED) is 0.705. The van der Waals surface area contributed by atoms with E-state index in [1.54, 1.807) is 12.1 Å². The summed E-state index contributed by atoms with van der Waals surface area (Å²) < 4.78 is 22.2. The third-order valence-corrected chi connectivity index (χ3v) is 4.05. The van der Waals surface area contributed by atoms with Crippen LogP contribution in [0.2, 0.25) is 0 Å². The summed E-state index contributed by atoms with van der Waals surface area (Å²) in [7, 11) is -3.60. The highest BCUT2D eigenvalue weighted by Gasteiger charge is 2.06. The zero-order valence-electron chi connectivity index (χ0n) is 10.7. The lowest BCUT2D eigenvalue weighted by molar-refractivity contribution is 0.598. The third-order valence-electron chi connectivity index (χ3n) is 3.12. The Morgan fingerprint density at radius 3 is 2.58 bits per heavy atom. The van der Waals surface area contributed by atoms with Crippen LogP contribution in [0.1, 0.15) is 12.8 Å². The first-order valence-electron chi connectivity index (χ1n) is 6.31. The zero-order valence-corrected chi connectivity index (χ0v) is 11.5. The van der Waals surface area contributed by atoms with E-state index in [-0.39, 0.29) is 4.90 Å². The fourth-order valence-corrected chi connectivity index (χ4v) is 2.54. The lowest BCUT2D eigenvalue weighted by Crippen LogP contribution is -2.21. The summed E-state index contributed by atoms with van der Waals surface area (Å²) in [6.07, 6.45) is 4.35. The molecule has 104 valence electrons. The van der Waals surface area contributed by atoms with Crippen LogP contribution in [-0.2, 0) is 10.0 Å². The van der Waals surface area contributed by atoms with E-state index in [0.29, 0.717) is 0 Å². The first-order chi connectivity index (χ1) is 9.05. The summed E-state index contributed by atoms with van der Waals surface area (Å²) in [4.78, 5) is 0.138. The molecule has 5 nitrogen and oxygen atoms in total. The van der Waals surface area contributed by atoms with E-state index in [2.05, 4.69) is 16.7 Å². The minimum absolute atomic E-state index is 0.138. The highest BCUT2D eigenvalue weighted by atomic mass is 32.2. The Labute approximate surface area is 113 Å². The van der Waals surface area contributed by atoms with E-state index < -0.39 is 10.0 Å². The van der Waals surface area contributed by atoms with Crippen molar-refractivity contribution in [2.75, 3.05) is 25.0 Å². The maximum atomic E-state index is 11.1. The van der Waals surface area contributed by atoms with Gasteiger partial charge in [0.2, 0.25) is 10.0 Å². The topological polar surface area (TPSA) is 84.2 Å². The van der Waals surface area contributed by atoms with Gasteiger partial charge in [-0.1, -0.05) is 11.6 Å². The largest absolute Gasteiger partial charge is 0.385 e. The van der Waals surface area contributed by atoms with Gasteiger partial charge in [0.25, 0.3) is 0 Å². The van der Waals surface area contributed by atoms with Crippen LogP contribution in [0.3, 0.4) is 0 Å². The smallest absolute Gasteiger partial charge is 0.238 e. The van der Waals surface area contributed by atoms with Crippen molar-refractivity contribution in [1.82, 2.24) is 5.32 Å². The Kier molecular flexibility index (Phi) is 4.57. The Morgan fingerprint density at radius 1 is 1.26 bits per heavy atom. The van der Waals surface area contributed by atoms with Crippen LogP contribution in [0, 0.1) is 0 Å². The summed E-state index contributed by atoms with van der Waals surface area (Å²) in [5.41, 5.74) is 2.37. The average molecular weight is 281 g/mol. The van der Waals surface area contributed by atoms with Gasteiger partial charge in [-0.3, -0.25) is 0 Å². The van der Waals surface area contributed by atoms with E-state index >= 15 is 0 Å². The molecule has 6 heteroatoms. The number of sulfonamides is 1. The Morgan fingerprint density at radius 2 is 2.00 bits per heavy atom. The molecular weight excluding hydrogens is 262 g/mol. The highest BCUT2D eigenvalue weighted by molar-refractivity contribution is 7.89. The highest BCUT2D eigenvalue weighted by Crippen LogP contribution is 2.14. The second-order valence-electron chi connectivity index (χ2n) is 4.56. The summed E-state index contributed by atoms with van der Waals surface area (Å²) in [5.74, 6) is 0. The van der Waals surface area contributed by atoms with E-state index in [4.69, 9.17) is 5.14 Å². The van der Waals surface area contributed by atoms with Gasteiger partial charge in [0.15, 0.2) is 0 Å². The van der Waals surface area contributed by atoms with Gasteiger partial charge >= 0.3 is 0 Å². The Balaban J connectivity index is 1.85. The molecule has 0 unspecified atom stereocenters. The minimum Gasteiger partial charge on any atom is -0.385 e. The van der Waals surface area contributed by atoms with Crippen molar-refractivity contribution in [2.24, 2.45) is 5.14 Å². The number of benzene rings is 1. The van der Waals surface area contributed by atoms with Gasteiger partial charge < -0.3 is 10.6 Å². The summed E-state index contributed by atoms with van der Waals surface area (Å²) in [6.45, 7) is 2.85. The number of nitrogens with two attached hydrogens (primary N) is 1. The third kappa shape index (κ3) is 4.34. The van der Waals surface area contributed by atoms with Crippen molar-refractivity contribution in [3.05, 3.63) is 35.9 Å². The van der Waals surface area contributed by atoms with E-state index in [1.165, 1.54) is 17.7 Å². The van der Waals surface area contributed by atoms with Crippen molar-refractivity contribution < 1.29 is 8.42 Å². The number of primary sulfonamides is 1. The summed E-state index contributed by atoms with van der Waals surface area (Å²) in [6, 6.07) is 6.50. The molecule has 1 aromatic carbocycles. The van der Waals surface area contributed by atoms with Gasteiger partial charge in [0, 0.05) is 18.8 Å². The number of hydrogen-bond acceptors (Lipinski definition) is 4. The molecule has 0 saturated carbocycles. The van der Waals surface area contributed by atoms with Crippen LogP contribution in [0.25, 0.3) is 0 Å². The number of anilines is 1. The number of nitrogens with one attached hydrogen (secondary N) is 2. The predicted molar refractivity (Wildman–Crippen MR) is 76.5 cm³/mol. The van der Waals surface area contributed by atoms with Gasteiger partial charge in [-0.25, -0.2) is 13.6 Å². The first kappa shape index (κ1) is 14.0. The first-order valence-corrected chi connectivity index (χ1v) is 7.86. The molecule has 0 aliphatic carbocycles. The molecule has 0 atom stereocenters. The standard InChI is InChI=1S/C13H19N3O2S/c14-19(17,18)13-3-1-12(2-4-13)16-10-7-11-5-8-15-9-6-11/h1-5,15-16H,6-10H2,(H2,14,17,18). The molecule has 2 rings (SSSR count). The lowest BCUT2D eigenvalue weighted by atomic mass is 10.1. The summed E-state index contributed by atoms with van der Waals surface area (Å²) in [5, 5.41) is 11.6. The van der Waals surface area contributed by atoms with E-state index in [1.807, 2.05) is 0 Å². The molecule has 0 radical (unpaired) electrons. The van der Waals surface area contributed by atoms with Crippen LogP contribution in [0.4, 0.5) is 5.69 Å². The normalized spacial score (nSPS) is 15.9. The fourth-order valence-electron chi connectivity index (χ4n) is 2.03. The molecule has 1 aliphatic rings. The van der Waals surface area contributed by atoms with Crippen LogP contribution in [0.15, 0.2) is 40.8 Å². The maximum Gasteiger partial charge on any atom is 0.238 e. The van der Waals surface area contributed by atoms with Gasteiger partial charge in [0.1, 0.15) is 0 Å². The number of hydrogen-bond donors (Lipinski definition) is 3. The molecule has 0 amide bonds. The van der Waals surface area contributed by atoms with Crippen molar-refractivity contribution in [2.45, 2.75) is 17.7 Å². The van der Waals surface area contributed by atoms with Crippen LogP contribution in [0.5, 0.6) is 0 Å². The zero-order chi connectivity index (χ0) is 13.7. The van der Waals surface area contributed by atoms with Gasteiger partial charge in [-0.15, -0.1) is 0 Å². The van der Waals surface area contributed by atoms with Crippen LogP contribution in [-0.4, -0.2) is 28.1 Å². The monoisotopic (exact) mass is 281 g/mol. The molecule has 0 bridgehead atoms. The number of rotatable bonds is 5. The Bertz CT molecular complexity index is 550. The van der Waals surface area contributed by atoms with Gasteiger partial charge in [-0.05, 0) is 43.7 Å². The van der Waals surface area contributed by atoms with Crippen molar-refractivity contribution in [1.29, 1.82) is 0 Å². The van der Waals surface area contributed by atoms with Gasteiger partial charge in [-0.2, -0.15) is 0 Å². The Hall–Kier alpha value is -1.37. The second-order valence-corrected chi connectivity index (χ2v) is 6.12. The molecule has 4 N–H and O–H groups in total.